The summed E-state index contributed by atoms with van der Waals surface area (Å²) in [5.74, 6) is -0.820. The molecule has 33 heavy (non-hydrogen) atoms. The second-order valence-electron chi connectivity index (χ2n) is 8.10. The highest BCUT2D eigenvalue weighted by Crippen LogP contribution is 2.43. The molecule has 1 fully saturated rings. The lowest BCUT2D eigenvalue weighted by Crippen LogP contribution is -2.37. The number of carbonyl (C=O) groups is 1. The first kappa shape index (κ1) is 23.5. The van der Waals surface area contributed by atoms with E-state index >= 15 is 0 Å². The monoisotopic (exact) mass is 482 g/mol. The van der Waals surface area contributed by atoms with Crippen LogP contribution in [-0.4, -0.2) is 48.2 Å². The van der Waals surface area contributed by atoms with Crippen molar-refractivity contribution in [3.63, 3.8) is 0 Å². The van der Waals surface area contributed by atoms with Gasteiger partial charge in [0, 0.05) is 30.7 Å². The predicted octanol–water partition coefficient (Wildman–Crippen LogP) is 4.97. The van der Waals surface area contributed by atoms with Crippen LogP contribution in [0.1, 0.15) is 43.1 Å². The molecule has 1 saturated heterocycles. The average Bonchev–Trinajstić information content (AvgIpc) is 3.40. The number of esters is 1. The van der Waals surface area contributed by atoms with Crippen molar-refractivity contribution in [2.45, 2.75) is 39.4 Å². The van der Waals surface area contributed by atoms with E-state index in [4.69, 9.17) is 9.15 Å². The molecule has 178 valence electrons. The van der Waals surface area contributed by atoms with Gasteiger partial charge in [0.25, 0.3) is 6.01 Å². The van der Waals surface area contributed by atoms with E-state index in [9.17, 15) is 18.0 Å². The van der Waals surface area contributed by atoms with Gasteiger partial charge in [-0.2, -0.15) is 18.2 Å². The molecule has 0 radical (unpaired) electrons. The molecule has 7 nitrogen and oxygen atoms in total. The fourth-order valence-corrected chi connectivity index (χ4v) is 4.67. The van der Waals surface area contributed by atoms with Gasteiger partial charge in [0.2, 0.25) is 0 Å². The molecule has 1 N–H and O–H groups in total. The number of alkyl halides is 3. The number of nitrogens with one attached hydrogen (secondary N) is 1. The van der Waals surface area contributed by atoms with E-state index in [1.807, 2.05) is 11.8 Å². The maximum Gasteiger partial charge on any atom is 0.419 e. The van der Waals surface area contributed by atoms with E-state index in [0.29, 0.717) is 18.1 Å². The van der Waals surface area contributed by atoms with Gasteiger partial charge < -0.3 is 19.4 Å². The van der Waals surface area contributed by atoms with Crippen LogP contribution in [0.15, 0.2) is 22.1 Å². The average molecular weight is 483 g/mol. The second-order valence-corrected chi connectivity index (χ2v) is 8.99. The molecular weight excluding hydrogens is 457 g/mol. The van der Waals surface area contributed by atoms with Crippen LogP contribution < -0.4 is 10.2 Å². The molecule has 0 saturated carbocycles. The van der Waals surface area contributed by atoms with E-state index in [1.54, 1.807) is 18.5 Å². The van der Waals surface area contributed by atoms with Crippen LogP contribution in [0.3, 0.4) is 0 Å². The highest BCUT2D eigenvalue weighted by Gasteiger charge is 2.41. The van der Waals surface area contributed by atoms with Gasteiger partial charge in [-0.1, -0.05) is 13.8 Å². The summed E-state index contributed by atoms with van der Waals surface area (Å²) < 4.78 is 53.6. The van der Waals surface area contributed by atoms with Gasteiger partial charge in [0.15, 0.2) is 5.58 Å². The Morgan fingerprint density at radius 2 is 2.15 bits per heavy atom. The molecule has 0 amide bonds. The third-order valence-corrected chi connectivity index (χ3v) is 6.39. The number of ether oxygens (including phenoxy) is 1. The number of aromatic nitrogens is 2. The third kappa shape index (κ3) is 4.70. The van der Waals surface area contributed by atoms with Crippen LogP contribution in [0.25, 0.3) is 21.7 Å². The number of oxazole rings is 1. The van der Waals surface area contributed by atoms with Crippen molar-refractivity contribution in [3.8, 4) is 10.6 Å². The van der Waals surface area contributed by atoms with Crippen molar-refractivity contribution in [2.24, 2.45) is 5.92 Å². The fourth-order valence-electron chi connectivity index (χ4n) is 4.02. The number of thiazole rings is 1. The Bertz CT molecular complexity index is 1130. The molecule has 0 bridgehead atoms. The summed E-state index contributed by atoms with van der Waals surface area (Å²) in [5.41, 5.74) is -1.93. The van der Waals surface area contributed by atoms with Crippen LogP contribution >= 0.6 is 11.3 Å². The molecular formula is C22H25F3N4O3S. The first-order chi connectivity index (χ1) is 15.7. The van der Waals surface area contributed by atoms with Gasteiger partial charge in [-0.3, -0.25) is 0 Å². The minimum Gasteiger partial charge on any atom is -0.462 e. The van der Waals surface area contributed by atoms with Crippen LogP contribution in [0.5, 0.6) is 0 Å². The molecule has 2 unspecified atom stereocenters. The minimum atomic E-state index is -4.84. The van der Waals surface area contributed by atoms with E-state index in [-0.39, 0.29) is 35.7 Å². The lowest BCUT2D eigenvalue weighted by Gasteiger charge is -2.22. The van der Waals surface area contributed by atoms with E-state index < -0.39 is 28.8 Å². The second kappa shape index (κ2) is 9.30. The molecule has 0 spiro atoms. The Morgan fingerprint density at radius 1 is 1.36 bits per heavy atom. The number of rotatable bonds is 5. The Kier molecular flexibility index (Phi) is 6.62. The fraction of sp³-hybridized carbons (Fsp3) is 0.500. The third-order valence-electron chi connectivity index (χ3n) is 5.59. The van der Waals surface area contributed by atoms with Gasteiger partial charge in [0.1, 0.15) is 10.5 Å². The zero-order valence-corrected chi connectivity index (χ0v) is 19.3. The van der Waals surface area contributed by atoms with E-state index in [0.717, 1.165) is 19.0 Å². The maximum atomic E-state index is 14.2. The van der Waals surface area contributed by atoms with Crippen molar-refractivity contribution in [1.29, 1.82) is 0 Å². The number of nitrogens with zero attached hydrogens (tertiary/aromatic N) is 3. The number of anilines is 1. The summed E-state index contributed by atoms with van der Waals surface area (Å²) >= 11 is 1.23. The Morgan fingerprint density at radius 3 is 2.79 bits per heavy atom. The standard InChI is InChI=1S/C22H25F3N4O3S/c1-4-13-11-29(10-12(3)9-27-13)21-28-17-16(22(23,24)25)14(20(30)31-5-2)8-15(18(17)32-21)19-26-6-7-33-19/h6-8,12-13,27H,4-5,9-11H2,1-3H3. The zero-order valence-electron chi connectivity index (χ0n) is 18.5. The lowest BCUT2D eigenvalue weighted by molar-refractivity contribution is -0.137. The number of carbonyl (C=O) groups excluding carboxylic acids is 1. The molecule has 2 aromatic heterocycles. The number of fused-ring (bicyclic) bond motifs is 1. The SMILES string of the molecule is CCOC(=O)c1cc(-c2nccs2)c2oc(N3CC(C)CNC(CC)C3)nc2c1C(F)(F)F. The van der Waals surface area contributed by atoms with Gasteiger partial charge in [0.05, 0.1) is 23.3 Å². The molecule has 3 heterocycles. The maximum absolute atomic E-state index is 14.2. The van der Waals surface area contributed by atoms with Gasteiger partial charge in [-0.25, -0.2) is 9.78 Å². The zero-order chi connectivity index (χ0) is 23.8. The van der Waals surface area contributed by atoms with Crippen molar-refractivity contribution in [3.05, 3.63) is 28.8 Å². The largest absolute Gasteiger partial charge is 0.462 e. The topological polar surface area (TPSA) is 80.5 Å². The summed E-state index contributed by atoms with van der Waals surface area (Å²) in [4.78, 5) is 22.9. The van der Waals surface area contributed by atoms with Crippen LogP contribution in [0.4, 0.5) is 19.2 Å². The quantitative estimate of drug-likeness (QED) is 0.514. The first-order valence-electron chi connectivity index (χ1n) is 10.8. The van der Waals surface area contributed by atoms with Crippen molar-refractivity contribution in [1.82, 2.24) is 15.3 Å². The van der Waals surface area contributed by atoms with Crippen LogP contribution in [0, 0.1) is 5.92 Å². The molecule has 1 aliphatic rings. The summed E-state index contributed by atoms with van der Waals surface area (Å²) in [6, 6.07) is 1.40. The Balaban J connectivity index is 1.96. The number of hydrogen-bond donors (Lipinski definition) is 1. The first-order valence-corrected chi connectivity index (χ1v) is 11.7. The minimum absolute atomic E-state index is 0.0433. The van der Waals surface area contributed by atoms with Crippen molar-refractivity contribution < 1.29 is 27.1 Å². The normalized spacial score (nSPS) is 19.6. The van der Waals surface area contributed by atoms with Gasteiger partial charge >= 0.3 is 12.1 Å². The predicted molar refractivity (Wildman–Crippen MR) is 120 cm³/mol. The smallest absolute Gasteiger partial charge is 0.419 e. The molecule has 0 aliphatic carbocycles. The van der Waals surface area contributed by atoms with Crippen LogP contribution in [0.2, 0.25) is 0 Å². The number of halogens is 3. The lowest BCUT2D eigenvalue weighted by atomic mass is 10.0. The summed E-state index contributed by atoms with van der Waals surface area (Å²) in [6.07, 6.45) is -2.44. The van der Waals surface area contributed by atoms with Gasteiger partial charge in [-0.15, -0.1) is 11.3 Å². The van der Waals surface area contributed by atoms with Crippen molar-refractivity contribution in [2.75, 3.05) is 31.1 Å². The highest BCUT2D eigenvalue weighted by molar-refractivity contribution is 7.13. The molecule has 1 aromatic carbocycles. The highest BCUT2D eigenvalue weighted by atomic mass is 32.1. The van der Waals surface area contributed by atoms with E-state index in [1.165, 1.54) is 11.3 Å². The van der Waals surface area contributed by atoms with Gasteiger partial charge in [-0.05, 0) is 31.9 Å². The molecule has 4 rings (SSSR count). The number of benzene rings is 1. The summed E-state index contributed by atoms with van der Waals surface area (Å²) in [7, 11) is 0. The Hall–Kier alpha value is -2.66. The van der Waals surface area contributed by atoms with Crippen LogP contribution in [-0.2, 0) is 10.9 Å². The molecule has 3 aromatic rings. The summed E-state index contributed by atoms with van der Waals surface area (Å²) in [5, 5.41) is 5.59. The van der Waals surface area contributed by atoms with Crippen molar-refractivity contribution >= 4 is 34.4 Å². The molecule has 1 aliphatic heterocycles. The Labute approximate surface area is 192 Å². The van der Waals surface area contributed by atoms with E-state index in [2.05, 4.69) is 22.2 Å². The molecule has 11 heteroatoms. The number of hydrogen-bond acceptors (Lipinski definition) is 8. The summed E-state index contributed by atoms with van der Waals surface area (Å²) in [6.45, 7) is 7.51. The molecule has 2 atom stereocenters.